The van der Waals surface area contributed by atoms with E-state index in [0.29, 0.717) is 6.54 Å². The Morgan fingerprint density at radius 1 is 1.20 bits per heavy atom. The SMILES string of the molecule is CCCNC(=O)[C@H]1CCCN(c2ccc(-c3ccc(C)cc3)nn2)C1. The highest BCUT2D eigenvalue weighted by Crippen LogP contribution is 2.23. The molecule has 5 nitrogen and oxygen atoms in total. The lowest BCUT2D eigenvalue weighted by atomic mass is 9.97. The summed E-state index contributed by atoms with van der Waals surface area (Å²) >= 11 is 0. The number of nitrogens with zero attached hydrogens (tertiary/aromatic N) is 3. The standard InChI is InChI=1S/C20H26N4O/c1-3-12-21-20(25)17-5-4-13-24(14-17)19-11-10-18(22-23-19)16-8-6-15(2)7-9-16/h6-11,17H,3-5,12-14H2,1-2H3,(H,21,25)/t17-/m0/s1. The summed E-state index contributed by atoms with van der Waals surface area (Å²) in [7, 11) is 0. The van der Waals surface area contributed by atoms with Gasteiger partial charge in [0.15, 0.2) is 5.82 Å². The number of hydrogen-bond donors (Lipinski definition) is 1. The first kappa shape index (κ1) is 17.4. The molecule has 5 heteroatoms. The van der Waals surface area contributed by atoms with Crippen LogP contribution in [0.4, 0.5) is 5.82 Å². The van der Waals surface area contributed by atoms with Gasteiger partial charge in [-0.1, -0.05) is 36.8 Å². The summed E-state index contributed by atoms with van der Waals surface area (Å²) in [6.45, 7) is 6.53. The van der Waals surface area contributed by atoms with Crippen molar-refractivity contribution in [2.75, 3.05) is 24.5 Å². The summed E-state index contributed by atoms with van der Waals surface area (Å²) < 4.78 is 0. The summed E-state index contributed by atoms with van der Waals surface area (Å²) in [5.74, 6) is 1.05. The van der Waals surface area contributed by atoms with Gasteiger partial charge in [0.2, 0.25) is 5.91 Å². The Morgan fingerprint density at radius 3 is 2.68 bits per heavy atom. The number of benzene rings is 1. The number of hydrogen-bond acceptors (Lipinski definition) is 4. The van der Waals surface area contributed by atoms with E-state index in [9.17, 15) is 4.79 Å². The first-order valence-electron chi connectivity index (χ1n) is 9.11. The fourth-order valence-corrected chi connectivity index (χ4v) is 3.16. The molecule has 132 valence electrons. The normalized spacial score (nSPS) is 17.4. The van der Waals surface area contributed by atoms with Crippen LogP contribution in [0.2, 0.25) is 0 Å². The van der Waals surface area contributed by atoms with E-state index in [4.69, 9.17) is 0 Å². The zero-order valence-electron chi connectivity index (χ0n) is 15.0. The number of anilines is 1. The predicted octanol–water partition coefficient (Wildman–Crippen LogP) is 3.19. The van der Waals surface area contributed by atoms with Crippen LogP contribution in [0.5, 0.6) is 0 Å². The van der Waals surface area contributed by atoms with Crippen molar-refractivity contribution in [3.05, 3.63) is 42.0 Å². The van der Waals surface area contributed by atoms with E-state index >= 15 is 0 Å². The quantitative estimate of drug-likeness (QED) is 0.909. The second-order valence-corrected chi connectivity index (χ2v) is 6.72. The van der Waals surface area contributed by atoms with Gasteiger partial charge in [-0.3, -0.25) is 4.79 Å². The molecule has 0 radical (unpaired) electrons. The minimum absolute atomic E-state index is 0.0406. The Morgan fingerprint density at radius 2 is 2.00 bits per heavy atom. The van der Waals surface area contributed by atoms with Crippen molar-refractivity contribution in [2.45, 2.75) is 33.1 Å². The highest BCUT2D eigenvalue weighted by molar-refractivity contribution is 5.79. The molecule has 3 rings (SSSR count). The molecule has 1 aliphatic rings. The Kier molecular flexibility index (Phi) is 5.64. The number of rotatable bonds is 5. The fourth-order valence-electron chi connectivity index (χ4n) is 3.16. The van der Waals surface area contributed by atoms with Crippen LogP contribution in [0.25, 0.3) is 11.3 Å². The average molecular weight is 338 g/mol. The van der Waals surface area contributed by atoms with E-state index in [0.717, 1.165) is 49.4 Å². The van der Waals surface area contributed by atoms with E-state index in [1.54, 1.807) is 0 Å². The largest absolute Gasteiger partial charge is 0.356 e. The van der Waals surface area contributed by atoms with Crippen LogP contribution in [0, 0.1) is 12.8 Å². The Balaban J connectivity index is 1.67. The molecule has 1 fully saturated rings. The topological polar surface area (TPSA) is 58.1 Å². The maximum Gasteiger partial charge on any atom is 0.224 e. The lowest BCUT2D eigenvalue weighted by Gasteiger charge is -2.32. The van der Waals surface area contributed by atoms with Crippen LogP contribution in [0.1, 0.15) is 31.7 Å². The zero-order chi connectivity index (χ0) is 17.6. The van der Waals surface area contributed by atoms with Crippen molar-refractivity contribution in [3.63, 3.8) is 0 Å². The Hall–Kier alpha value is -2.43. The lowest BCUT2D eigenvalue weighted by Crippen LogP contribution is -2.43. The number of piperidine rings is 1. The molecule has 0 unspecified atom stereocenters. The minimum Gasteiger partial charge on any atom is -0.356 e. The van der Waals surface area contributed by atoms with Crippen molar-refractivity contribution in [2.24, 2.45) is 5.92 Å². The number of amides is 1. The van der Waals surface area contributed by atoms with Gasteiger partial charge in [-0.05, 0) is 38.3 Å². The van der Waals surface area contributed by atoms with Gasteiger partial charge < -0.3 is 10.2 Å². The first-order valence-corrected chi connectivity index (χ1v) is 9.11. The van der Waals surface area contributed by atoms with Crippen molar-refractivity contribution < 1.29 is 4.79 Å². The molecule has 0 aliphatic carbocycles. The summed E-state index contributed by atoms with van der Waals surface area (Å²) in [6, 6.07) is 12.3. The molecule has 1 saturated heterocycles. The molecule has 2 aromatic rings. The minimum atomic E-state index is 0.0406. The molecule has 0 bridgehead atoms. The van der Waals surface area contributed by atoms with Crippen molar-refractivity contribution in [3.8, 4) is 11.3 Å². The monoisotopic (exact) mass is 338 g/mol. The molecule has 25 heavy (non-hydrogen) atoms. The third kappa shape index (κ3) is 4.35. The van der Waals surface area contributed by atoms with Crippen molar-refractivity contribution in [1.82, 2.24) is 15.5 Å². The van der Waals surface area contributed by atoms with E-state index in [2.05, 4.69) is 58.5 Å². The number of aromatic nitrogens is 2. The predicted molar refractivity (Wildman–Crippen MR) is 100 cm³/mol. The first-order chi connectivity index (χ1) is 12.2. The lowest BCUT2D eigenvalue weighted by molar-refractivity contribution is -0.125. The molecule has 1 aromatic carbocycles. The number of nitrogens with one attached hydrogen (secondary N) is 1. The summed E-state index contributed by atoms with van der Waals surface area (Å²) in [4.78, 5) is 14.4. The van der Waals surface area contributed by atoms with Gasteiger partial charge in [-0.15, -0.1) is 10.2 Å². The van der Waals surface area contributed by atoms with Gasteiger partial charge >= 0.3 is 0 Å². The van der Waals surface area contributed by atoms with Crippen molar-refractivity contribution in [1.29, 1.82) is 0 Å². The van der Waals surface area contributed by atoms with Crippen LogP contribution in [0.15, 0.2) is 36.4 Å². The average Bonchev–Trinajstić information content (AvgIpc) is 2.67. The van der Waals surface area contributed by atoms with Gasteiger partial charge in [0.1, 0.15) is 0 Å². The molecular formula is C20H26N4O. The van der Waals surface area contributed by atoms with E-state index < -0.39 is 0 Å². The Bertz CT molecular complexity index is 697. The van der Waals surface area contributed by atoms with E-state index in [-0.39, 0.29) is 11.8 Å². The van der Waals surface area contributed by atoms with Crippen LogP contribution >= 0.6 is 0 Å². The fraction of sp³-hybridized carbons (Fsp3) is 0.450. The number of aryl methyl sites for hydroxylation is 1. The highest BCUT2D eigenvalue weighted by Gasteiger charge is 2.26. The zero-order valence-corrected chi connectivity index (χ0v) is 15.0. The van der Waals surface area contributed by atoms with Crippen LogP contribution in [-0.2, 0) is 4.79 Å². The van der Waals surface area contributed by atoms with Crippen LogP contribution in [-0.4, -0.2) is 35.7 Å². The summed E-state index contributed by atoms with van der Waals surface area (Å²) in [6.07, 6.45) is 2.92. The number of carbonyl (C=O) groups excluding carboxylic acids is 1. The maximum atomic E-state index is 12.2. The van der Waals surface area contributed by atoms with Gasteiger partial charge in [-0.2, -0.15) is 0 Å². The highest BCUT2D eigenvalue weighted by atomic mass is 16.1. The number of carbonyl (C=O) groups is 1. The van der Waals surface area contributed by atoms with Gasteiger partial charge in [-0.25, -0.2) is 0 Å². The third-order valence-electron chi connectivity index (χ3n) is 4.66. The maximum absolute atomic E-state index is 12.2. The molecule has 1 aromatic heterocycles. The van der Waals surface area contributed by atoms with Crippen LogP contribution < -0.4 is 10.2 Å². The Labute approximate surface area is 149 Å². The molecule has 1 N–H and O–H groups in total. The smallest absolute Gasteiger partial charge is 0.224 e. The summed E-state index contributed by atoms with van der Waals surface area (Å²) in [5.41, 5.74) is 3.17. The van der Waals surface area contributed by atoms with Crippen molar-refractivity contribution >= 4 is 11.7 Å². The third-order valence-corrected chi connectivity index (χ3v) is 4.66. The van der Waals surface area contributed by atoms with Gasteiger partial charge in [0, 0.05) is 25.2 Å². The molecule has 1 atom stereocenters. The second kappa shape index (κ2) is 8.10. The molecule has 0 spiro atoms. The van der Waals surface area contributed by atoms with Crippen LogP contribution in [0.3, 0.4) is 0 Å². The van der Waals surface area contributed by atoms with Gasteiger partial charge in [0.25, 0.3) is 0 Å². The molecule has 1 aliphatic heterocycles. The second-order valence-electron chi connectivity index (χ2n) is 6.72. The van der Waals surface area contributed by atoms with Gasteiger partial charge in [0.05, 0.1) is 11.6 Å². The molecular weight excluding hydrogens is 312 g/mol. The molecule has 1 amide bonds. The summed E-state index contributed by atoms with van der Waals surface area (Å²) in [5, 5.41) is 11.8. The van der Waals surface area contributed by atoms with E-state index in [1.165, 1.54) is 5.56 Å². The van der Waals surface area contributed by atoms with E-state index in [1.807, 2.05) is 12.1 Å². The molecule has 0 saturated carbocycles. The molecule has 2 heterocycles.